The van der Waals surface area contributed by atoms with Crippen molar-refractivity contribution in [3.63, 3.8) is 0 Å². The molecule has 0 aliphatic heterocycles. The summed E-state index contributed by atoms with van der Waals surface area (Å²) in [5.41, 5.74) is 2.89. The third-order valence-corrected chi connectivity index (χ3v) is 4.70. The van der Waals surface area contributed by atoms with Gasteiger partial charge < -0.3 is 5.32 Å². The third-order valence-electron chi connectivity index (χ3n) is 4.70. The van der Waals surface area contributed by atoms with E-state index in [1.807, 2.05) is 0 Å². The van der Waals surface area contributed by atoms with Gasteiger partial charge in [-0.15, -0.1) is 0 Å². The van der Waals surface area contributed by atoms with Gasteiger partial charge in [0.25, 0.3) is 0 Å². The van der Waals surface area contributed by atoms with Crippen LogP contribution in [0.1, 0.15) is 63.0 Å². The summed E-state index contributed by atoms with van der Waals surface area (Å²) in [6.07, 6.45) is 11.0. The summed E-state index contributed by atoms with van der Waals surface area (Å²) < 4.78 is 0. The van der Waals surface area contributed by atoms with Gasteiger partial charge in [0.1, 0.15) is 0 Å². The van der Waals surface area contributed by atoms with Crippen molar-refractivity contribution < 1.29 is 0 Å². The Morgan fingerprint density at radius 3 is 2.70 bits per heavy atom. The van der Waals surface area contributed by atoms with E-state index >= 15 is 0 Å². The Labute approximate surface area is 125 Å². The van der Waals surface area contributed by atoms with Crippen LogP contribution in [0.3, 0.4) is 0 Å². The molecule has 1 saturated carbocycles. The first-order chi connectivity index (χ1) is 9.79. The molecule has 1 heteroatoms. The fourth-order valence-electron chi connectivity index (χ4n) is 3.56. The second-order valence-corrected chi connectivity index (χ2v) is 6.49. The minimum Gasteiger partial charge on any atom is -0.314 e. The fourth-order valence-corrected chi connectivity index (χ4v) is 3.56. The zero-order valence-electron chi connectivity index (χ0n) is 13.3. The lowest BCUT2D eigenvalue weighted by molar-refractivity contribution is 0.258. The van der Waals surface area contributed by atoms with Gasteiger partial charge in [0.05, 0.1) is 0 Å². The first kappa shape index (κ1) is 15.6. The molecule has 0 heterocycles. The smallest absolute Gasteiger partial charge is 0.00984 e. The van der Waals surface area contributed by atoms with Gasteiger partial charge >= 0.3 is 0 Å². The molecule has 1 atom stereocenters. The lowest BCUT2D eigenvalue weighted by atomic mass is 9.81. The summed E-state index contributed by atoms with van der Waals surface area (Å²) in [5, 5.41) is 3.82. The maximum absolute atomic E-state index is 3.82. The second kappa shape index (κ2) is 8.46. The Balaban J connectivity index is 1.89. The molecule has 0 spiro atoms. The van der Waals surface area contributed by atoms with E-state index in [2.05, 4.69) is 43.4 Å². The Morgan fingerprint density at radius 2 is 2.00 bits per heavy atom. The van der Waals surface area contributed by atoms with Crippen molar-refractivity contribution in [3.8, 4) is 0 Å². The van der Waals surface area contributed by atoms with Crippen molar-refractivity contribution in [1.29, 1.82) is 0 Å². The molecule has 1 aliphatic rings. The molecule has 0 radical (unpaired) electrons. The SMILES string of the molecule is CCCNC(CCc1cccc(C)c1)C1CCCCC1. The summed E-state index contributed by atoms with van der Waals surface area (Å²) in [6, 6.07) is 9.75. The van der Waals surface area contributed by atoms with Gasteiger partial charge in [-0.2, -0.15) is 0 Å². The molecule has 1 fully saturated rings. The van der Waals surface area contributed by atoms with Crippen molar-refractivity contribution >= 4 is 0 Å². The monoisotopic (exact) mass is 273 g/mol. The highest BCUT2D eigenvalue weighted by Crippen LogP contribution is 2.28. The first-order valence-corrected chi connectivity index (χ1v) is 8.58. The number of benzene rings is 1. The summed E-state index contributed by atoms with van der Waals surface area (Å²) in [5.74, 6) is 0.917. The molecular formula is C19H31N. The average molecular weight is 273 g/mol. The largest absolute Gasteiger partial charge is 0.314 e. The molecular weight excluding hydrogens is 242 g/mol. The summed E-state index contributed by atoms with van der Waals surface area (Å²) in [6.45, 7) is 5.64. The van der Waals surface area contributed by atoms with Crippen molar-refractivity contribution in [1.82, 2.24) is 5.32 Å². The van der Waals surface area contributed by atoms with Crippen LogP contribution in [0.25, 0.3) is 0 Å². The molecule has 2 rings (SSSR count). The predicted octanol–water partition coefficient (Wildman–Crippen LogP) is 4.88. The standard InChI is InChI=1S/C19H31N/c1-3-14-20-19(18-10-5-4-6-11-18)13-12-17-9-7-8-16(2)15-17/h7-9,15,18-20H,3-6,10-14H2,1-2H3. The van der Waals surface area contributed by atoms with Gasteiger partial charge in [-0.1, -0.05) is 56.0 Å². The molecule has 1 aliphatic carbocycles. The Hall–Kier alpha value is -0.820. The van der Waals surface area contributed by atoms with Gasteiger partial charge in [0.2, 0.25) is 0 Å². The molecule has 112 valence electrons. The zero-order chi connectivity index (χ0) is 14.2. The quantitative estimate of drug-likeness (QED) is 0.747. The number of rotatable bonds is 7. The average Bonchev–Trinajstić information content (AvgIpc) is 2.48. The summed E-state index contributed by atoms with van der Waals surface area (Å²) >= 11 is 0. The van der Waals surface area contributed by atoms with E-state index in [4.69, 9.17) is 0 Å². The molecule has 0 bridgehead atoms. The molecule has 0 amide bonds. The van der Waals surface area contributed by atoms with Crippen molar-refractivity contribution in [3.05, 3.63) is 35.4 Å². The van der Waals surface area contributed by atoms with Gasteiger partial charge in [0, 0.05) is 6.04 Å². The molecule has 1 unspecified atom stereocenters. The Morgan fingerprint density at radius 1 is 1.20 bits per heavy atom. The molecule has 1 N–H and O–H groups in total. The van der Waals surface area contributed by atoms with E-state index in [1.165, 1.54) is 69.0 Å². The van der Waals surface area contributed by atoms with Crippen LogP contribution in [-0.4, -0.2) is 12.6 Å². The van der Waals surface area contributed by atoms with Gasteiger partial charge in [-0.3, -0.25) is 0 Å². The number of hydrogen-bond acceptors (Lipinski definition) is 1. The fraction of sp³-hybridized carbons (Fsp3) is 0.684. The van der Waals surface area contributed by atoms with Crippen molar-refractivity contribution in [2.75, 3.05) is 6.54 Å². The highest BCUT2D eigenvalue weighted by atomic mass is 14.9. The third kappa shape index (κ3) is 4.94. The number of aryl methyl sites for hydroxylation is 2. The van der Waals surface area contributed by atoms with E-state index in [1.54, 1.807) is 0 Å². The number of nitrogens with one attached hydrogen (secondary N) is 1. The topological polar surface area (TPSA) is 12.0 Å². The predicted molar refractivity (Wildman–Crippen MR) is 88.2 cm³/mol. The van der Waals surface area contributed by atoms with E-state index in [0.29, 0.717) is 0 Å². The Kier molecular flexibility index (Phi) is 6.59. The molecule has 20 heavy (non-hydrogen) atoms. The molecule has 1 aromatic rings. The zero-order valence-corrected chi connectivity index (χ0v) is 13.3. The van der Waals surface area contributed by atoms with Crippen LogP contribution in [0, 0.1) is 12.8 Å². The lowest BCUT2D eigenvalue weighted by Crippen LogP contribution is -2.38. The minimum absolute atomic E-state index is 0.732. The molecule has 1 aromatic carbocycles. The van der Waals surface area contributed by atoms with Gasteiger partial charge in [-0.25, -0.2) is 0 Å². The van der Waals surface area contributed by atoms with Crippen LogP contribution in [0.4, 0.5) is 0 Å². The Bertz CT molecular complexity index is 379. The molecule has 1 nitrogen and oxygen atoms in total. The highest BCUT2D eigenvalue weighted by molar-refractivity contribution is 5.22. The lowest BCUT2D eigenvalue weighted by Gasteiger charge is -2.31. The van der Waals surface area contributed by atoms with Crippen LogP contribution < -0.4 is 5.32 Å². The second-order valence-electron chi connectivity index (χ2n) is 6.49. The van der Waals surface area contributed by atoms with Crippen LogP contribution in [0.5, 0.6) is 0 Å². The number of hydrogen-bond donors (Lipinski definition) is 1. The van der Waals surface area contributed by atoms with Crippen LogP contribution in [-0.2, 0) is 6.42 Å². The van der Waals surface area contributed by atoms with Gasteiger partial charge in [-0.05, 0) is 57.1 Å². The summed E-state index contributed by atoms with van der Waals surface area (Å²) in [4.78, 5) is 0. The van der Waals surface area contributed by atoms with E-state index in [0.717, 1.165) is 12.0 Å². The normalized spacial score (nSPS) is 18.1. The minimum atomic E-state index is 0.732. The van der Waals surface area contributed by atoms with Crippen LogP contribution >= 0.6 is 0 Å². The van der Waals surface area contributed by atoms with E-state index in [-0.39, 0.29) is 0 Å². The highest BCUT2D eigenvalue weighted by Gasteiger charge is 2.22. The van der Waals surface area contributed by atoms with E-state index < -0.39 is 0 Å². The van der Waals surface area contributed by atoms with Crippen LogP contribution in [0.2, 0.25) is 0 Å². The summed E-state index contributed by atoms with van der Waals surface area (Å²) in [7, 11) is 0. The first-order valence-electron chi connectivity index (χ1n) is 8.58. The van der Waals surface area contributed by atoms with E-state index in [9.17, 15) is 0 Å². The van der Waals surface area contributed by atoms with Crippen LogP contribution in [0.15, 0.2) is 24.3 Å². The molecule has 0 aromatic heterocycles. The van der Waals surface area contributed by atoms with Crippen molar-refractivity contribution in [2.24, 2.45) is 5.92 Å². The van der Waals surface area contributed by atoms with Crippen molar-refractivity contribution in [2.45, 2.75) is 71.3 Å². The van der Waals surface area contributed by atoms with Gasteiger partial charge in [0.15, 0.2) is 0 Å². The maximum atomic E-state index is 3.82. The molecule has 0 saturated heterocycles. The maximum Gasteiger partial charge on any atom is 0.00984 e.